The molecule has 0 radical (unpaired) electrons. The lowest BCUT2D eigenvalue weighted by Gasteiger charge is -2.24. The molecule has 13 heavy (non-hydrogen) atoms. The van der Waals surface area contributed by atoms with E-state index in [0.29, 0.717) is 6.04 Å². The topological polar surface area (TPSA) is 3.24 Å². The molecule has 1 nitrogen and oxygen atoms in total. The van der Waals surface area contributed by atoms with Gasteiger partial charge in [0.25, 0.3) is 0 Å². The van der Waals surface area contributed by atoms with Gasteiger partial charge in [0, 0.05) is 0 Å². The Hall–Kier alpha value is -0.890. The quantitative estimate of drug-likeness (QED) is 0.643. The van der Waals surface area contributed by atoms with Gasteiger partial charge in [0.2, 0.25) is 0 Å². The molecule has 1 aromatic carbocycles. The maximum atomic E-state index is 12.6. The van der Waals surface area contributed by atoms with E-state index in [1.807, 2.05) is 12.1 Å². The zero-order valence-electron chi connectivity index (χ0n) is 7.54. The molecule has 0 unspecified atom stereocenters. The number of benzene rings is 1. The Morgan fingerprint density at radius 1 is 1.31 bits per heavy atom. The van der Waals surface area contributed by atoms with Gasteiger partial charge in [0.05, 0.1) is 0 Å². The van der Waals surface area contributed by atoms with Crippen LogP contribution in [0.3, 0.4) is 0 Å². The fourth-order valence-corrected chi connectivity index (χ4v) is 1.39. The number of halogens is 1. The zero-order valence-corrected chi connectivity index (χ0v) is 7.54. The second-order valence-corrected chi connectivity index (χ2v) is 3.60. The van der Waals surface area contributed by atoms with Crippen LogP contribution in [0.5, 0.6) is 0 Å². The molecule has 0 amide bonds. The molecule has 0 N–H and O–H groups in total. The predicted molar refractivity (Wildman–Crippen MR) is 50.3 cm³/mol. The summed E-state index contributed by atoms with van der Waals surface area (Å²) in [6.07, 6.45) is 2.51. The molecule has 70 valence electrons. The molecule has 2 rings (SSSR count). The Morgan fingerprint density at radius 2 is 1.92 bits per heavy atom. The predicted octanol–water partition coefficient (Wildman–Crippen LogP) is 2.58. The molecule has 1 aliphatic rings. The van der Waals surface area contributed by atoms with Crippen LogP contribution in [0.15, 0.2) is 24.3 Å². The Labute approximate surface area is 78.2 Å². The van der Waals surface area contributed by atoms with Gasteiger partial charge in [-0.2, -0.15) is 0 Å². The van der Waals surface area contributed by atoms with Gasteiger partial charge in [0.1, 0.15) is 5.82 Å². The van der Waals surface area contributed by atoms with Crippen molar-refractivity contribution in [1.82, 2.24) is 4.90 Å². The highest BCUT2D eigenvalue weighted by atomic mass is 19.1. The molecule has 2 heteroatoms. The lowest BCUT2D eigenvalue weighted by Crippen LogP contribution is -2.17. The van der Waals surface area contributed by atoms with Gasteiger partial charge in [-0.1, -0.05) is 12.1 Å². The summed E-state index contributed by atoms with van der Waals surface area (Å²) in [5.41, 5.74) is 1.13. The van der Waals surface area contributed by atoms with Crippen LogP contribution in [0.1, 0.15) is 18.4 Å². The minimum absolute atomic E-state index is 0.175. The summed E-state index contributed by atoms with van der Waals surface area (Å²) < 4.78 is 12.6. The molecular formula is C11H13FN-. The first-order chi connectivity index (χ1) is 6.25. The third-order valence-electron chi connectivity index (χ3n) is 2.36. The van der Waals surface area contributed by atoms with Crippen LogP contribution < -0.4 is 0 Å². The van der Waals surface area contributed by atoms with E-state index < -0.39 is 0 Å². The first kappa shape index (κ1) is 8.70. The Morgan fingerprint density at radius 3 is 2.46 bits per heavy atom. The van der Waals surface area contributed by atoms with Crippen molar-refractivity contribution in [2.75, 3.05) is 0 Å². The second kappa shape index (κ2) is 3.46. The molecule has 1 saturated carbocycles. The van der Waals surface area contributed by atoms with Gasteiger partial charge >= 0.3 is 0 Å². The van der Waals surface area contributed by atoms with Crippen molar-refractivity contribution in [2.45, 2.75) is 25.4 Å². The minimum Gasteiger partial charge on any atom is -0.453 e. The normalized spacial score (nSPS) is 16.5. The average molecular weight is 178 g/mol. The van der Waals surface area contributed by atoms with Gasteiger partial charge in [0.15, 0.2) is 0 Å². The molecule has 0 bridgehead atoms. The van der Waals surface area contributed by atoms with Crippen LogP contribution in [-0.2, 0) is 6.54 Å². The molecular weight excluding hydrogens is 165 g/mol. The SMILES string of the molecule is [CH2-]N(Cc1ccc(F)cc1)C1CC1. The lowest BCUT2D eigenvalue weighted by molar-refractivity contribution is 0.353. The van der Waals surface area contributed by atoms with Crippen LogP contribution in [0.2, 0.25) is 0 Å². The van der Waals surface area contributed by atoms with Gasteiger partial charge in [-0.25, -0.2) is 4.39 Å². The Balaban J connectivity index is 1.96. The maximum absolute atomic E-state index is 12.6. The van der Waals surface area contributed by atoms with Crippen molar-refractivity contribution in [1.29, 1.82) is 0 Å². The van der Waals surface area contributed by atoms with Crippen molar-refractivity contribution in [3.63, 3.8) is 0 Å². The average Bonchev–Trinajstić information content (AvgIpc) is 2.91. The monoisotopic (exact) mass is 178 g/mol. The summed E-state index contributed by atoms with van der Waals surface area (Å²) >= 11 is 0. The number of rotatable bonds is 3. The van der Waals surface area contributed by atoms with E-state index in [1.165, 1.54) is 25.0 Å². The molecule has 1 aromatic rings. The molecule has 0 spiro atoms. The molecule has 0 saturated heterocycles. The largest absolute Gasteiger partial charge is 0.453 e. The van der Waals surface area contributed by atoms with Gasteiger partial charge in [-0.05, 0) is 43.1 Å². The van der Waals surface area contributed by atoms with Crippen molar-refractivity contribution in [3.05, 3.63) is 42.7 Å². The smallest absolute Gasteiger partial charge is 0.123 e. The van der Waals surface area contributed by atoms with E-state index in [4.69, 9.17) is 0 Å². The van der Waals surface area contributed by atoms with E-state index in [-0.39, 0.29) is 5.82 Å². The van der Waals surface area contributed by atoms with Crippen LogP contribution >= 0.6 is 0 Å². The lowest BCUT2D eigenvalue weighted by atomic mass is 10.2. The highest BCUT2D eigenvalue weighted by Gasteiger charge is 2.21. The van der Waals surface area contributed by atoms with Gasteiger partial charge in [-0.15, -0.1) is 0 Å². The third kappa shape index (κ3) is 2.28. The Bertz CT molecular complexity index is 277. The number of hydrogen-bond donors (Lipinski definition) is 0. The number of hydrogen-bond acceptors (Lipinski definition) is 1. The highest BCUT2D eigenvalue weighted by Crippen LogP contribution is 2.27. The molecule has 1 aliphatic carbocycles. The van der Waals surface area contributed by atoms with Crippen molar-refractivity contribution in [2.24, 2.45) is 0 Å². The summed E-state index contributed by atoms with van der Waals surface area (Å²) in [5, 5.41) is 0. The van der Waals surface area contributed by atoms with Crippen LogP contribution in [0.4, 0.5) is 4.39 Å². The first-order valence-electron chi connectivity index (χ1n) is 4.57. The van der Waals surface area contributed by atoms with Crippen molar-refractivity contribution >= 4 is 0 Å². The fourth-order valence-electron chi connectivity index (χ4n) is 1.39. The fraction of sp³-hybridized carbons (Fsp3) is 0.364. The summed E-state index contributed by atoms with van der Waals surface area (Å²) in [7, 11) is 3.96. The van der Waals surface area contributed by atoms with Crippen molar-refractivity contribution in [3.8, 4) is 0 Å². The first-order valence-corrected chi connectivity index (χ1v) is 4.57. The van der Waals surface area contributed by atoms with E-state index >= 15 is 0 Å². The van der Waals surface area contributed by atoms with E-state index in [1.54, 1.807) is 0 Å². The van der Waals surface area contributed by atoms with Gasteiger partial charge in [-0.3, -0.25) is 7.05 Å². The summed E-state index contributed by atoms with van der Waals surface area (Å²) in [5.74, 6) is -0.175. The molecule has 1 fully saturated rings. The van der Waals surface area contributed by atoms with E-state index in [0.717, 1.165) is 12.1 Å². The van der Waals surface area contributed by atoms with Crippen LogP contribution in [0.25, 0.3) is 0 Å². The zero-order chi connectivity index (χ0) is 9.26. The van der Waals surface area contributed by atoms with Crippen LogP contribution in [-0.4, -0.2) is 10.9 Å². The molecule has 0 atom stereocenters. The summed E-state index contributed by atoms with van der Waals surface area (Å²) in [4.78, 5) is 2.08. The van der Waals surface area contributed by atoms with Crippen LogP contribution in [0, 0.1) is 12.9 Å². The van der Waals surface area contributed by atoms with Crippen molar-refractivity contribution < 1.29 is 4.39 Å². The summed E-state index contributed by atoms with van der Waals surface area (Å²) in [6, 6.07) is 7.28. The van der Waals surface area contributed by atoms with E-state index in [2.05, 4.69) is 11.9 Å². The van der Waals surface area contributed by atoms with E-state index in [9.17, 15) is 4.39 Å². The minimum atomic E-state index is -0.175. The second-order valence-electron chi connectivity index (χ2n) is 3.60. The standard InChI is InChI=1S/C11H13FN/c1-13(11-6-7-11)8-9-2-4-10(12)5-3-9/h2-5,11H,1,6-8H2/q-1. The number of nitrogens with zero attached hydrogens (tertiary/aromatic N) is 1. The molecule has 0 aromatic heterocycles. The van der Waals surface area contributed by atoms with Gasteiger partial charge < -0.3 is 4.90 Å². The summed E-state index contributed by atoms with van der Waals surface area (Å²) in [6.45, 7) is 0.824. The molecule has 0 aliphatic heterocycles. The molecule has 0 heterocycles. The maximum Gasteiger partial charge on any atom is 0.123 e. The highest BCUT2D eigenvalue weighted by molar-refractivity contribution is 5.16. The third-order valence-corrected chi connectivity index (χ3v) is 2.36. The Kier molecular flexibility index (Phi) is 2.32.